The fraction of sp³-hybridized carbons (Fsp3) is 0.917. The lowest BCUT2D eigenvalue weighted by Gasteiger charge is -2.32. The summed E-state index contributed by atoms with van der Waals surface area (Å²) in [6.45, 7) is 7.81. The minimum absolute atomic E-state index is 0.0134. The van der Waals surface area contributed by atoms with Crippen molar-refractivity contribution in [1.82, 2.24) is 0 Å². The summed E-state index contributed by atoms with van der Waals surface area (Å²) in [5.74, 6) is 0.302. The lowest BCUT2D eigenvalue weighted by atomic mass is 9.80. The Labute approximate surface area is 97.3 Å². The van der Waals surface area contributed by atoms with Crippen LogP contribution in [0, 0.1) is 11.8 Å². The number of carbonyl (C=O) groups is 1. The number of halogens is 1. The summed E-state index contributed by atoms with van der Waals surface area (Å²) in [6, 6.07) is 0. The van der Waals surface area contributed by atoms with E-state index in [1.54, 1.807) is 0 Å². The van der Waals surface area contributed by atoms with E-state index in [0.29, 0.717) is 5.92 Å². The van der Waals surface area contributed by atoms with E-state index in [1.165, 1.54) is 0 Å². The molecule has 0 N–H and O–H groups in total. The van der Waals surface area contributed by atoms with Gasteiger partial charge in [-0.1, -0.05) is 6.92 Å². The second-order valence-electron chi connectivity index (χ2n) is 5.53. The average Bonchev–Trinajstić information content (AvgIpc) is 2.06. The maximum Gasteiger partial charge on any atom is 0.309 e. The van der Waals surface area contributed by atoms with Crippen LogP contribution in [0.5, 0.6) is 0 Å². The molecule has 0 radical (unpaired) electrons. The van der Waals surface area contributed by atoms with Gasteiger partial charge in [0.25, 0.3) is 0 Å². The maximum atomic E-state index is 11.9. The quantitative estimate of drug-likeness (QED) is 0.512. The Morgan fingerprint density at radius 3 is 2.47 bits per heavy atom. The van der Waals surface area contributed by atoms with Crippen LogP contribution in [0.1, 0.15) is 47.0 Å². The van der Waals surface area contributed by atoms with Gasteiger partial charge < -0.3 is 4.74 Å². The van der Waals surface area contributed by atoms with Crippen LogP contribution in [-0.2, 0) is 9.53 Å². The Kier molecular flexibility index (Phi) is 4.05. The van der Waals surface area contributed by atoms with Gasteiger partial charge in [-0.25, -0.2) is 0 Å². The molecular weight excluding hydrogens is 212 g/mol. The molecule has 0 amide bonds. The van der Waals surface area contributed by atoms with E-state index in [9.17, 15) is 4.79 Å². The summed E-state index contributed by atoms with van der Waals surface area (Å²) in [4.78, 5) is 11.9. The van der Waals surface area contributed by atoms with E-state index in [0.717, 1.165) is 19.3 Å². The molecule has 1 aliphatic carbocycles. The predicted molar refractivity (Wildman–Crippen MR) is 62.0 cm³/mol. The average molecular weight is 233 g/mol. The second kappa shape index (κ2) is 4.73. The topological polar surface area (TPSA) is 26.3 Å². The number of alkyl halides is 1. The third-order valence-electron chi connectivity index (χ3n) is 2.84. The van der Waals surface area contributed by atoms with Gasteiger partial charge in [0.1, 0.15) is 5.60 Å². The van der Waals surface area contributed by atoms with E-state index in [-0.39, 0.29) is 17.3 Å². The number of hydrogen-bond acceptors (Lipinski definition) is 2. The van der Waals surface area contributed by atoms with Crippen molar-refractivity contribution in [2.45, 2.75) is 57.9 Å². The van der Waals surface area contributed by atoms with Crippen LogP contribution >= 0.6 is 11.6 Å². The van der Waals surface area contributed by atoms with Gasteiger partial charge >= 0.3 is 5.97 Å². The fourth-order valence-corrected chi connectivity index (χ4v) is 2.29. The summed E-state index contributed by atoms with van der Waals surface area (Å²) in [7, 11) is 0. The van der Waals surface area contributed by atoms with Crippen molar-refractivity contribution in [3.8, 4) is 0 Å². The van der Waals surface area contributed by atoms with Gasteiger partial charge in [0.05, 0.1) is 5.92 Å². The molecule has 0 aromatic carbocycles. The summed E-state index contributed by atoms with van der Waals surface area (Å²) in [5, 5.41) is 0.138. The molecule has 0 saturated heterocycles. The number of ether oxygens (including phenoxy) is 1. The van der Waals surface area contributed by atoms with Crippen molar-refractivity contribution in [2.75, 3.05) is 0 Å². The number of carbonyl (C=O) groups excluding carboxylic acids is 1. The smallest absolute Gasteiger partial charge is 0.309 e. The highest BCUT2D eigenvalue weighted by molar-refractivity contribution is 6.20. The zero-order chi connectivity index (χ0) is 11.6. The third-order valence-corrected chi connectivity index (χ3v) is 3.24. The van der Waals surface area contributed by atoms with Crippen molar-refractivity contribution in [3.05, 3.63) is 0 Å². The van der Waals surface area contributed by atoms with Gasteiger partial charge in [0.2, 0.25) is 0 Å². The normalized spacial score (nSPS) is 32.5. The molecule has 0 unspecified atom stereocenters. The first kappa shape index (κ1) is 12.8. The maximum absolute atomic E-state index is 11.9. The van der Waals surface area contributed by atoms with E-state index in [4.69, 9.17) is 16.3 Å². The van der Waals surface area contributed by atoms with Crippen LogP contribution < -0.4 is 0 Å². The van der Waals surface area contributed by atoms with Crippen LogP contribution in [0.4, 0.5) is 0 Å². The summed E-state index contributed by atoms with van der Waals surface area (Å²) in [6.07, 6.45) is 2.80. The molecule has 0 aliphatic heterocycles. The minimum Gasteiger partial charge on any atom is -0.460 e. The van der Waals surface area contributed by atoms with Gasteiger partial charge in [0, 0.05) is 5.38 Å². The predicted octanol–water partition coefficient (Wildman–Crippen LogP) is 3.37. The standard InChI is InChI=1S/C12H21ClO2/c1-8-5-6-9(13)7-10(8)11(14)15-12(2,3)4/h8-10H,5-7H2,1-4H3/t8-,9-,10-/m1/s1. The van der Waals surface area contributed by atoms with Crippen molar-refractivity contribution >= 4 is 17.6 Å². The van der Waals surface area contributed by atoms with Gasteiger partial charge in [-0.2, -0.15) is 0 Å². The Morgan fingerprint density at radius 2 is 1.93 bits per heavy atom. The molecule has 3 atom stereocenters. The van der Waals surface area contributed by atoms with E-state index in [2.05, 4.69) is 6.92 Å². The van der Waals surface area contributed by atoms with Crippen LogP contribution in [0.3, 0.4) is 0 Å². The lowest BCUT2D eigenvalue weighted by Crippen LogP contribution is -2.35. The number of hydrogen-bond donors (Lipinski definition) is 0. The van der Waals surface area contributed by atoms with Crippen LogP contribution in [0.2, 0.25) is 0 Å². The molecule has 0 spiro atoms. The molecule has 0 bridgehead atoms. The molecule has 0 heterocycles. The van der Waals surface area contributed by atoms with Gasteiger partial charge in [-0.05, 0) is 46.0 Å². The van der Waals surface area contributed by atoms with Crippen molar-refractivity contribution in [2.24, 2.45) is 11.8 Å². The molecule has 15 heavy (non-hydrogen) atoms. The van der Waals surface area contributed by atoms with Crippen molar-refractivity contribution < 1.29 is 9.53 Å². The van der Waals surface area contributed by atoms with Crippen LogP contribution in [0.25, 0.3) is 0 Å². The van der Waals surface area contributed by atoms with E-state index < -0.39 is 5.60 Å². The molecule has 1 saturated carbocycles. The summed E-state index contributed by atoms with van der Waals surface area (Å²) in [5.41, 5.74) is -0.393. The van der Waals surface area contributed by atoms with Crippen LogP contribution in [0.15, 0.2) is 0 Å². The van der Waals surface area contributed by atoms with Gasteiger partial charge in [-0.15, -0.1) is 11.6 Å². The molecule has 3 heteroatoms. The van der Waals surface area contributed by atoms with Crippen molar-refractivity contribution in [1.29, 1.82) is 0 Å². The molecule has 1 rings (SSSR count). The molecule has 1 aliphatic rings. The molecule has 2 nitrogen and oxygen atoms in total. The Bertz CT molecular complexity index is 232. The molecular formula is C12H21ClO2. The van der Waals surface area contributed by atoms with Gasteiger partial charge in [0.15, 0.2) is 0 Å². The number of esters is 1. The number of rotatable bonds is 1. The highest BCUT2D eigenvalue weighted by Gasteiger charge is 2.34. The van der Waals surface area contributed by atoms with E-state index in [1.807, 2.05) is 20.8 Å². The monoisotopic (exact) mass is 232 g/mol. The Balaban J connectivity index is 2.57. The summed E-state index contributed by atoms with van der Waals surface area (Å²) >= 11 is 6.08. The van der Waals surface area contributed by atoms with Crippen LogP contribution in [-0.4, -0.2) is 16.9 Å². The van der Waals surface area contributed by atoms with E-state index >= 15 is 0 Å². The zero-order valence-corrected chi connectivity index (χ0v) is 10.8. The fourth-order valence-electron chi connectivity index (χ4n) is 1.98. The first-order valence-electron chi connectivity index (χ1n) is 5.66. The SMILES string of the molecule is C[C@@H]1CC[C@@H](Cl)C[C@H]1C(=O)OC(C)(C)C. The second-order valence-corrected chi connectivity index (χ2v) is 6.14. The van der Waals surface area contributed by atoms with Gasteiger partial charge in [-0.3, -0.25) is 4.79 Å². The third kappa shape index (κ3) is 4.02. The molecule has 88 valence electrons. The highest BCUT2D eigenvalue weighted by atomic mass is 35.5. The lowest BCUT2D eigenvalue weighted by molar-refractivity contribution is -0.162. The Morgan fingerprint density at radius 1 is 1.33 bits per heavy atom. The zero-order valence-electron chi connectivity index (χ0n) is 10.0. The largest absolute Gasteiger partial charge is 0.460 e. The molecule has 0 aromatic rings. The first-order chi connectivity index (χ1) is 6.79. The summed E-state index contributed by atoms with van der Waals surface area (Å²) < 4.78 is 5.40. The molecule has 1 fully saturated rings. The minimum atomic E-state index is -0.393. The highest BCUT2D eigenvalue weighted by Crippen LogP contribution is 2.34. The first-order valence-corrected chi connectivity index (χ1v) is 6.10. The Hall–Kier alpha value is -0.240. The molecule has 0 aromatic heterocycles. The van der Waals surface area contributed by atoms with Crippen molar-refractivity contribution in [3.63, 3.8) is 0 Å².